The first-order chi connectivity index (χ1) is 19.7. The summed E-state index contributed by atoms with van der Waals surface area (Å²) in [6.45, 7) is 5.26. The second kappa shape index (κ2) is 15.8. The Labute approximate surface area is 251 Å². The molecule has 2 unspecified atom stereocenters. The van der Waals surface area contributed by atoms with Crippen molar-refractivity contribution < 1.29 is 29.3 Å². The van der Waals surface area contributed by atoms with Gasteiger partial charge in [-0.25, -0.2) is 0 Å². The molecule has 0 fully saturated rings. The fraction of sp³-hybridized carbons (Fsp3) is 0.375. The monoisotopic (exact) mass is 601 g/mol. The topological polar surface area (TPSA) is 96.3 Å². The van der Waals surface area contributed by atoms with Crippen LogP contribution in [0, 0.1) is 0 Å². The van der Waals surface area contributed by atoms with Crippen LogP contribution in [0.1, 0.15) is 42.9 Å². The van der Waals surface area contributed by atoms with Gasteiger partial charge in [0, 0.05) is 35.7 Å². The molecule has 3 rings (SSSR count). The highest BCUT2D eigenvalue weighted by atomic mass is 35.5. The smallest absolute Gasteiger partial charge is 0.323 e. The zero-order valence-corrected chi connectivity index (χ0v) is 24.9. The summed E-state index contributed by atoms with van der Waals surface area (Å²) in [5, 5.41) is 21.6. The van der Waals surface area contributed by atoms with E-state index in [0.29, 0.717) is 47.6 Å². The first-order valence-corrected chi connectivity index (χ1v) is 14.4. The minimum atomic E-state index is -1.85. The van der Waals surface area contributed by atoms with Crippen LogP contribution >= 0.6 is 23.2 Å². The van der Waals surface area contributed by atoms with Crippen LogP contribution in [-0.2, 0) is 26.2 Å². The van der Waals surface area contributed by atoms with Crippen LogP contribution < -0.4 is 4.74 Å². The first kappa shape index (κ1) is 32.4. The lowest BCUT2D eigenvalue weighted by Crippen LogP contribution is -2.53. The fourth-order valence-corrected chi connectivity index (χ4v) is 5.21. The zero-order valence-electron chi connectivity index (χ0n) is 23.4. The van der Waals surface area contributed by atoms with Gasteiger partial charge in [-0.2, -0.15) is 0 Å². The van der Waals surface area contributed by atoms with Crippen LogP contribution in [-0.4, -0.2) is 66.5 Å². The molecule has 0 bridgehead atoms. The predicted molar refractivity (Wildman–Crippen MR) is 161 cm³/mol. The Morgan fingerprint density at radius 2 is 1.63 bits per heavy atom. The number of rotatable bonds is 16. The number of carboxylic acids is 1. The Morgan fingerprint density at radius 1 is 0.951 bits per heavy atom. The van der Waals surface area contributed by atoms with Crippen LogP contribution in [0.25, 0.3) is 0 Å². The first-order valence-electron chi connectivity index (χ1n) is 13.7. The minimum absolute atomic E-state index is 0.0206. The van der Waals surface area contributed by atoms with Gasteiger partial charge in [-0.15, -0.1) is 0 Å². The molecule has 0 heterocycles. The van der Waals surface area contributed by atoms with Crippen LogP contribution in [0.3, 0.4) is 0 Å². The number of carboxylic acid groups (broad SMARTS) is 1. The van der Waals surface area contributed by atoms with E-state index in [1.54, 1.807) is 43.3 Å². The molecular weight excluding hydrogens is 565 g/mol. The lowest BCUT2D eigenvalue weighted by Gasteiger charge is -2.36. The van der Waals surface area contributed by atoms with Crippen molar-refractivity contribution in [2.75, 3.05) is 39.5 Å². The summed E-state index contributed by atoms with van der Waals surface area (Å²) in [7, 11) is 0. The summed E-state index contributed by atoms with van der Waals surface area (Å²) in [4.78, 5) is 28.7. The van der Waals surface area contributed by atoms with Crippen molar-refractivity contribution in [2.45, 2.75) is 38.0 Å². The quantitative estimate of drug-likeness (QED) is 0.155. The number of aliphatic hydroxyl groups is 1. The molecule has 9 heteroatoms. The molecular formula is C32H37Cl2NO6. The number of carbonyl (C=O) groups is 2. The van der Waals surface area contributed by atoms with Gasteiger partial charge in [-0.05, 0) is 72.9 Å². The minimum Gasteiger partial charge on any atom is -0.491 e. The molecule has 0 aliphatic rings. The van der Waals surface area contributed by atoms with E-state index in [-0.39, 0.29) is 26.1 Å². The third-order valence-corrected chi connectivity index (χ3v) is 7.61. The highest BCUT2D eigenvalue weighted by molar-refractivity contribution is 6.31. The van der Waals surface area contributed by atoms with Crippen molar-refractivity contribution in [1.29, 1.82) is 0 Å². The van der Waals surface area contributed by atoms with E-state index in [9.17, 15) is 19.8 Å². The standard InChI is InChI=1S/C32H37Cl2NO6/c1-3-32(31(38)39,26-8-6-10-28(34)20-26)30(37)35(21-25(22-36)24-7-5-9-27(33)19-24)16-15-23-11-13-29(14-12-23)41-18-17-40-4-2/h5-14,19-20,25,36H,3-4,15-18,21-22H2,1-2H3,(H,38,39). The Morgan fingerprint density at radius 3 is 2.22 bits per heavy atom. The van der Waals surface area contributed by atoms with Gasteiger partial charge in [0.15, 0.2) is 5.41 Å². The van der Waals surface area contributed by atoms with Gasteiger partial charge < -0.3 is 24.6 Å². The second-order valence-corrected chi connectivity index (χ2v) is 10.6. The normalized spacial score (nSPS) is 13.3. The average Bonchev–Trinajstić information content (AvgIpc) is 2.96. The lowest BCUT2D eigenvalue weighted by atomic mass is 9.76. The lowest BCUT2D eigenvalue weighted by molar-refractivity contribution is -0.154. The second-order valence-electron chi connectivity index (χ2n) is 9.70. The van der Waals surface area contributed by atoms with Crippen molar-refractivity contribution >= 4 is 35.1 Å². The number of ether oxygens (including phenoxy) is 2. The number of aliphatic hydroxyl groups excluding tert-OH is 1. The summed E-state index contributed by atoms with van der Waals surface area (Å²) in [5.74, 6) is -1.58. The van der Waals surface area contributed by atoms with Crippen molar-refractivity contribution in [3.05, 3.63) is 99.5 Å². The fourth-order valence-electron chi connectivity index (χ4n) is 4.82. The van der Waals surface area contributed by atoms with Crippen molar-refractivity contribution in [3.8, 4) is 5.75 Å². The average molecular weight is 603 g/mol. The van der Waals surface area contributed by atoms with Gasteiger partial charge in [-0.1, -0.05) is 66.5 Å². The highest BCUT2D eigenvalue weighted by Gasteiger charge is 2.49. The molecule has 0 spiro atoms. The van der Waals surface area contributed by atoms with Crippen LogP contribution in [0.2, 0.25) is 10.0 Å². The van der Waals surface area contributed by atoms with E-state index in [1.807, 2.05) is 37.3 Å². The molecule has 0 aliphatic heterocycles. The number of nitrogens with zero attached hydrogens (tertiary/aromatic N) is 1. The molecule has 41 heavy (non-hydrogen) atoms. The maximum atomic E-state index is 14.3. The van der Waals surface area contributed by atoms with Crippen molar-refractivity contribution in [3.63, 3.8) is 0 Å². The van der Waals surface area contributed by atoms with E-state index < -0.39 is 23.2 Å². The molecule has 3 aromatic rings. The maximum Gasteiger partial charge on any atom is 0.323 e. The Balaban J connectivity index is 1.91. The van der Waals surface area contributed by atoms with E-state index in [1.165, 1.54) is 11.0 Å². The van der Waals surface area contributed by atoms with Crippen LogP contribution in [0.4, 0.5) is 0 Å². The summed E-state index contributed by atoms with van der Waals surface area (Å²) in [6.07, 6.45) is 0.486. The summed E-state index contributed by atoms with van der Waals surface area (Å²) in [6, 6.07) is 21.1. The largest absolute Gasteiger partial charge is 0.491 e. The highest BCUT2D eigenvalue weighted by Crippen LogP contribution is 2.34. The molecule has 3 aromatic carbocycles. The summed E-state index contributed by atoms with van der Waals surface area (Å²) >= 11 is 12.4. The van der Waals surface area contributed by atoms with E-state index >= 15 is 0 Å². The molecule has 0 aliphatic carbocycles. The Hall–Kier alpha value is -3.10. The molecule has 0 saturated heterocycles. The number of halogens is 2. The van der Waals surface area contributed by atoms with Gasteiger partial charge >= 0.3 is 5.97 Å². The number of hydrogen-bond donors (Lipinski definition) is 2. The Kier molecular flexibility index (Phi) is 12.5. The predicted octanol–water partition coefficient (Wildman–Crippen LogP) is 5.99. The number of hydrogen-bond acceptors (Lipinski definition) is 5. The van der Waals surface area contributed by atoms with E-state index in [4.69, 9.17) is 32.7 Å². The number of carbonyl (C=O) groups excluding carboxylic acids is 1. The zero-order chi connectivity index (χ0) is 29.8. The van der Waals surface area contributed by atoms with Gasteiger partial charge in [0.2, 0.25) is 5.91 Å². The third kappa shape index (κ3) is 8.46. The third-order valence-electron chi connectivity index (χ3n) is 7.14. The number of benzene rings is 3. The van der Waals surface area contributed by atoms with Crippen molar-refractivity contribution in [2.24, 2.45) is 0 Å². The van der Waals surface area contributed by atoms with Crippen LogP contribution in [0.15, 0.2) is 72.8 Å². The van der Waals surface area contributed by atoms with Crippen molar-refractivity contribution in [1.82, 2.24) is 4.90 Å². The molecule has 7 nitrogen and oxygen atoms in total. The number of amides is 1. The van der Waals surface area contributed by atoms with Gasteiger partial charge in [0.25, 0.3) is 0 Å². The summed E-state index contributed by atoms with van der Waals surface area (Å²) < 4.78 is 11.0. The van der Waals surface area contributed by atoms with Gasteiger partial charge in [0.1, 0.15) is 12.4 Å². The SMILES string of the molecule is CCOCCOc1ccc(CCN(CC(CO)c2cccc(Cl)c2)C(=O)C(CC)(C(=O)O)c2cccc(Cl)c2)cc1. The van der Waals surface area contributed by atoms with E-state index in [0.717, 1.165) is 11.1 Å². The molecule has 2 atom stereocenters. The molecule has 0 radical (unpaired) electrons. The van der Waals surface area contributed by atoms with Gasteiger partial charge in [-0.3, -0.25) is 9.59 Å². The van der Waals surface area contributed by atoms with Gasteiger partial charge in [0.05, 0.1) is 13.2 Å². The summed E-state index contributed by atoms with van der Waals surface area (Å²) in [5.41, 5.74) is 0.166. The molecule has 220 valence electrons. The number of aliphatic carboxylic acids is 1. The molecule has 2 N–H and O–H groups in total. The molecule has 0 aromatic heterocycles. The van der Waals surface area contributed by atoms with Crippen LogP contribution in [0.5, 0.6) is 5.75 Å². The molecule has 1 amide bonds. The Bertz CT molecular complexity index is 1290. The molecule has 0 saturated carbocycles. The maximum absolute atomic E-state index is 14.3. The van der Waals surface area contributed by atoms with E-state index in [2.05, 4.69) is 0 Å².